The van der Waals surface area contributed by atoms with Crippen LogP contribution in [0.5, 0.6) is 0 Å². The second-order valence-corrected chi connectivity index (χ2v) is 3.65. The van der Waals surface area contributed by atoms with Crippen LogP contribution in [0.4, 0.5) is 0 Å². The first kappa shape index (κ1) is 11.3. The van der Waals surface area contributed by atoms with Crippen molar-refractivity contribution in [1.29, 1.82) is 0 Å². The number of imidazole rings is 1. The fourth-order valence-corrected chi connectivity index (χ4v) is 1.54. The number of nitrogens with zero attached hydrogens (tertiary/aromatic N) is 2. The molecule has 6 heteroatoms. The number of carboxylic acids is 1. The minimum Gasteiger partial charge on any atom is -0.480 e. The van der Waals surface area contributed by atoms with E-state index in [9.17, 15) is 4.79 Å². The minimum absolute atomic E-state index is 0.252. The number of hydrogen-bond donors (Lipinski definition) is 3. The summed E-state index contributed by atoms with van der Waals surface area (Å²) in [6.45, 7) is 1.82. The molecule has 1 unspecified atom stereocenters. The van der Waals surface area contributed by atoms with Gasteiger partial charge in [-0.2, -0.15) is 0 Å². The summed E-state index contributed by atoms with van der Waals surface area (Å²) >= 11 is 0. The SMILES string of the molecule is Cc1[nH]c(C(N)C(=O)O)nc1-c1ccncc1. The lowest BCUT2D eigenvalue weighted by Gasteiger charge is -2.00. The average molecular weight is 232 g/mol. The summed E-state index contributed by atoms with van der Waals surface area (Å²) in [7, 11) is 0. The quantitative estimate of drug-likeness (QED) is 0.728. The summed E-state index contributed by atoms with van der Waals surface area (Å²) in [5.41, 5.74) is 7.84. The monoisotopic (exact) mass is 232 g/mol. The molecule has 2 aromatic rings. The first-order chi connectivity index (χ1) is 8.09. The smallest absolute Gasteiger partial charge is 0.328 e. The molecule has 0 saturated heterocycles. The van der Waals surface area contributed by atoms with Crippen LogP contribution in [-0.2, 0) is 4.79 Å². The Balaban J connectivity index is 2.41. The number of hydrogen-bond acceptors (Lipinski definition) is 4. The van der Waals surface area contributed by atoms with Crippen molar-refractivity contribution in [2.24, 2.45) is 5.73 Å². The number of aryl methyl sites for hydroxylation is 1. The van der Waals surface area contributed by atoms with Crippen molar-refractivity contribution >= 4 is 5.97 Å². The number of aromatic amines is 1. The third kappa shape index (κ3) is 2.16. The van der Waals surface area contributed by atoms with Gasteiger partial charge in [0.05, 0.1) is 5.69 Å². The van der Waals surface area contributed by atoms with Gasteiger partial charge in [-0.1, -0.05) is 0 Å². The maximum Gasteiger partial charge on any atom is 0.328 e. The summed E-state index contributed by atoms with van der Waals surface area (Å²) in [6.07, 6.45) is 3.31. The highest BCUT2D eigenvalue weighted by Gasteiger charge is 2.19. The summed E-state index contributed by atoms with van der Waals surface area (Å²) < 4.78 is 0. The van der Waals surface area contributed by atoms with Gasteiger partial charge in [0.1, 0.15) is 5.82 Å². The van der Waals surface area contributed by atoms with Crippen molar-refractivity contribution in [2.75, 3.05) is 0 Å². The van der Waals surface area contributed by atoms with Gasteiger partial charge in [-0.05, 0) is 19.1 Å². The summed E-state index contributed by atoms with van der Waals surface area (Å²) in [5.74, 6) is -0.859. The van der Waals surface area contributed by atoms with Crippen LogP contribution in [0.1, 0.15) is 17.6 Å². The van der Waals surface area contributed by atoms with Gasteiger partial charge in [0.25, 0.3) is 0 Å². The van der Waals surface area contributed by atoms with Gasteiger partial charge in [0.2, 0.25) is 0 Å². The predicted octanol–water partition coefficient (Wildman–Crippen LogP) is 0.865. The summed E-state index contributed by atoms with van der Waals surface area (Å²) in [4.78, 5) is 21.8. The van der Waals surface area contributed by atoms with Crippen LogP contribution >= 0.6 is 0 Å². The Kier molecular flexibility index (Phi) is 2.88. The highest BCUT2D eigenvalue weighted by molar-refractivity contribution is 5.74. The fraction of sp³-hybridized carbons (Fsp3) is 0.182. The molecule has 2 rings (SSSR count). The molecule has 0 saturated carbocycles. The lowest BCUT2D eigenvalue weighted by Crippen LogP contribution is -2.21. The van der Waals surface area contributed by atoms with E-state index in [0.29, 0.717) is 5.69 Å². The van der Waals surface area contributed by atoms with Gasteiger partial charge in [-0.25, -0.2) is 4.98 Å². The van der Waals surface area contributed by atoms with Crippen molar-refractivity contribution in [1.82, 2.24) is 15.0 Å². The number of nitrogens with two attached hydrogens (primary N) is 1. The molecule has 0 amide bonds. The predicted molar refractivity (Wildman–Crippen MR) is 61.1 cm³/mol. The third-order valence-corrected chi connectivity index (χ3v) is 2.42. The number of nitrogens with one attached hydrogen (secondary N) is 1. The molecule has 17 heavy (non-hydrogen) atoms. The maximum absolute atomic E-state index is 10.8. The van der Waals surface area contributed by atoms with Gasteiger partial charge < -0.3 is 15.8 Å². The Morgan fingerprint density at radius 1 is 1.47 bits per heavy atom. The zero-order valence-electron chi connectivity index (χ0n) is 9.21. The van der Waals surface area contributed by atoms with E-state index in [1.54, 1.807) is 24.5 Å². The zero-order valence-corrected chi connectivity index (χ0v) is 9.21. The number of rotatable bonds is 3. The molecule has 2 aromatic heterocycles. The first-order valence-electron chi connectivity index (χ1n) is 5.05. The van der Waals surface area contributed by atoms with Crippen molar-refractivity contribution in [3.05, 3.63) is 36.0 Å². The highest BCUT2D eigenvalue weighted by atomic mass is 16.4. The Bertz CT molecular complexity index is 536. The van der Waals surface area contributed by atoms with Crippen molar-refractivity contribution in [3.63, 3.8) is 0 Å². The molecule has 4 N–H and O–H groups in total. The normalized spacial score (nSPS) is 12.4. The molecule has 0 fully saturated rings. The number of H-pyrrole nitrogens is 1. The van der Waals surface area contributed by atoms with Gasteiger partial charge in [-0.3, -0.25) is 9.78 Å². The number of pyridine rings is 1. The Morgan fingerprint density at radius 3 is 2.71 bits per heavy atom. The number of carboxylic acid groups (broad SMARTS) is 1. The van der Waals surface area contributed by atoms with Crippen LogP contribution in [-0.4, -0.2) is 26.0 Å². The van der Waals surface area contributed by atoms with Gasteiger partial charge >= 0.3 is 5.97 Å². The lowest BCUT2D eigenvalue weighted by atomic mass is 10.2. The van der Waals surface area contributed by atoms with Crippen molar-refractivity contribution in [3.8, 4) is 11.3 Å². The Labute approximate surface area is 97.5 Å². The highest BCUT2D eigenvalue weighted by Crippen LogP contribution is 2.21. The number of aliphatic carboxylic acids is 1. The van der Waals surface area contributed by atoms with Crippen molar-refractivity contribution < 1.29 is 9.90 Å². The van der Waals surface area contributed by atoms with Crippen LogP contribution in [0.15, 0.2) is 24.5 Å². The van der Waals surface area contributed by atoms with E-state index < -0.39 is 12.0 Å². The van der Waals surface area contributed by atoms with E-state index in [-0.39, 0.29) is 5.82 Å². The van der Waals surface area contributed by atoms with E-state index in [0.717, 1.165) is 11.3 Å². The maximum atomic E-state index is 10.8. The molecule has 1 atom stereocenters. The molecule has 88 valence electrons. The minimum atomic E-state index is -1.13. The molecule has 6 nitrogen and oxygen atoms in total. The topological polar surface area (TPSA) is 105 Å². The molecule has 0 aliphatic rings. The number of carbonyl (C=O) groups is 1. The van der Waals surface area contributed by atoms with Crippen LogP contribution in [0.2, 0.25) is 0 Å². The first-order valence-corrected chi connectivity index (χ1v) is 5.05. The van der Waals surface area contributed by atoms with Gasteiger partial charge in [-0.15, -0.1) is 0 Å². The molecule has 0 spiro atoms. The molecule has 0 aliphatic heterocycles. The van der Waals surface area contributed by atoms with Crippen LogP contribution < -0.4 is 5.73 Å². The van der Waals surface area contributed by atoms with E-state index in [1.807, 2.05) is 6.92 Å². The zero-order chi connectivity index (χ0) is 12.4. The molecular weight excluding hydrogens is 220 g/mol. The van der Waals surface area contributed by atoms with E-state index in [4.69, 9.17) is 10.8 Å². The summed E-state index contributed by atoms with van der Waals surface area (Å²) in [5, 5.41) is 8.81. The number of aromatic nitrogens is 3. The van der Waals surface area contributed by atoms with Crippen LogP contribution in [0.3, 0.4) is 0 Å². The van der Waals surface area contributed by atoms with Crippen LogP contribution in [0.25, 0.3) is 11.3 Å². The fourth-order valence-electron chi connectivity index (χ4n) is 1.54. The molecular formula is C11H12N4O2. The van der Waals surface area contributed by atoms with Gasteiger partial charge in [0, 0.05) is 23.7 Å². The van der Waals surface area contributed by atoms with E-state index >= 15 is 0 Å². The second-order valence-electron chi connectivity index (χ2n) is 3.65. The van der Waals surface area contributed by atoms with Crippen molar-refractivity contribution in [2.45, 2.75) is 13.0 Å². The summed E-state index contributed by atoms with van der Waals surface area (Å²) in [6, 6.07) is 2.47. The van der Waals surface area contributed by atoms with E-state index in [1.165, 1.54) is 0 Å². The molecule has 0 aromatic carbocycles. The molecule has 0 bridgehead atoms. The average Bonchev–Trinajstić information content (AvgIpc) is 2.71. The molecule has 0 radical (unpaired) electrons. The molecule has 0 aliphatic carbocycles. The standard InChI is InChI=1S/C11H12N4O2/c1-6-9(7-2-4-13-5-3-7)15-10(14-6)8(12)11(16)17/h2-5,8H,12H2,1H3,(H,14,15)(H,16,17). The van der Waals surface area contributed by atoms with Crippen LogP contribution in [0, 0.1) is 6.92 Å². The lowest BCUT2D eigenvalue weighted by molar-refractivity contribution is -0.138. The molecule has 2 heterocycles. The Morgan fingerprint density at radius 2 is 2.12 bits per heavy atom. The Hall–Kier alpha value is -2.21. The van der Waals surface area contributed by atoms with Gasteiger partial charge in [0.15, 0.2) is 6.04 Å². The second kappa shape index (κ2) is 4.34. The largest absolute Gasteiger partial charge is 0.480 e. The third-order valence-electron chi connectivity index (χ3n) is 2.42. The van der Waals surface area contributed by atoms with E-state index in [2.05, 4.69) is 15.0 Å².